The number of aromatic nitrogens is 1. The summed E-state index contributed by atoms with van der Waals surface area (Å²) in [5.41, 5.74) is 2.58. The van der Waals surface area contributed by atoms with Crippen LogP contribution in [0.2, 0.25) is 0 Å². The third kappa shape index (κ3) is 4.79. The SMILES string of the molecule is COc1ccc(-c2csc(Nc3ccc(S(N)(=O)=O)cc3)n2)cc1.[Br-]. The average Bonchev–Trinajstić information content (AvgIpc) is 3.03. The van der Waals surface area contributed by atoms with Crippen LogP contribution in [0.4, 0.5) is 10.8 Å². The van der Waals surface area contributed by atoms with E-state index in [2.05, 4.69) is 10.3 Å². The largest absolute Gasteiger partial charge is 1.00 e. The van der Waals surface area contributed by atoms with Gasteiger partial charge in [-0.2, -0.15) is 0 Å². The predicted molar refractivity (Wildman–Crippen MR) is 95.2 cm³/mol. The fourth-order valence-electron chi connectivity index (χ4n) is 2.08. The van der Waals surface area contributed by atoms with Gasteiger partial charge in [-0.1, -0.05) is 0 Å². The Kier molecular flexibility index (Phi) is 6.17. The summed E-state index contributed by atoms with van der Waals surface area (Å²) in [6.07, 6.45) is 0. The zero-order chi connectivity index (χ0) is 17.2. The molecule has 0 aliphatic rings. The van der Waals surface area contributed by atoms with Gasteiger partial charge in [0.15, 0.2) is 5.13 Å². The number of primary sulfonamides is 1. The Hall–Kier alpha value is -1.94. The van der Waals surface area contributed by atoms with Crippen molar-refractivity contribution in [3.63, 3.8) is 0 Å². The Morgan fingerprint density at radius 3 is 2.28 bits per heavy atom. The minimum Gasteiger partial charge on any atom is -1.00 e. The summed E-state index contributed by atoms with van der Waals surface area (Å²) in [6.45, 7) is 0. The minimum atomic E-state index is -3.68. The summed E-state index contributed by atoms with van der Waals surface area (Å²) in [5, 5.41) is 10.9. The Labute approximate surface area is 160 Å². The van der Waals surface area contributed by atoms with Gasteiger partial charge in [-0.15, -0.1) is 11.3 Å². The van der Waals surface area contributed by atoms with Gasteiger partial charge in [-0.25, -0.2) is 18.5 Å². The van der Waals surface area contributed by atoms with Crippen LogP contribution in [0.5, 0.6) is 5.75 Å². The summed E-state index contributed by atoms with van der Waals surface area (Å²) in [4.78, 5) is 4.60. The first-order chi connectivity index (χ1) is 11.5. The van der Waals surface area contributed by atoms with Gasteiger partial charge in [0, 0.05) is 16.6 Å². The average molecular weight is 441 g/mol. The van der Waals surface area contributed by atoms with Crippen molar-refractivity contribution in [2.45, 2.75) is 4.90 Å². The van der Waals surface area contributed by atoms with Gasteiger partial charge in [0.2, 0.25) is 10.0 Å². The number of sulfonamides is 1. The van der Waals surface area contributed by atoms with E-state index in [1.807, 2.05) is 29.6 Å². The standard InChI is InChI=1S/C16H15N3O3S2.BrH/c1-22-13-6-2-11(3-7-13)15-10-23-16(19-15)18-12-4-8-14(9-5-12)24(17,20)21;/h2-10H,1H3,(H,18,19)(H2,17,20,21);1H/p-1. The number of hydrogen-bond acceptors (Lipinski definition) is 6. The van der Waals surface area contributed by atoms with E-state index in [9.17, 15) is 8.42 Å². The molecule has 3 rings (SSSR count). The molecule has 3 aromatic rings. The molecule has 1 heterocycles. The maximum absolute atomic E-state index is 11.2. The van der Waals surface area contributed by atoms with Crippen LogP contribution in [0.1, 0.15) is 0 Å². The van der Waals surface area contributed by atoms with Gasteiger partial charge in [0.05, 0.1) is 17.7 Å². The van der Waals surface area contributed by atoms with E-state index in [0.29, 0.717) is 5.13 Å². The van der Waals surface area contributed by atoms with E-state index >= 15 is 0 Å². The van der Waals surface area contributed by atoms with Crippen LogP contribution in [0, 0.1) is 0 Å². The van der Waals surface area contributed by atoms with E-state index in [4.69, 9.17) is 9.88 Å². The van der Waals surface area contributed by atoms with E-state index in [1.54, 1.807) is 19.2 Å². The highest BCUT2D eigenvalue weighted by atomic mass is 79.9. The van der Waals surface area contributed by atoms with Crippen molar-refractivity contribution in [2.24, 2.45) is 5.14 Å². The van der Waals surface area contributed by atoms with Crippen molar-refractivity contribution in [3.05, 3.63) is 53.9 Å². The van der Waals surface area contributed by atoms with Crippen LogP contribution in [0.3, 0.4) is 0 Å². The monoisotopic (exact) mass is 440 g/mol. The lowest BCUT2D eigenvalue weighted by Crippen LogP contribution is -3.00. The summed E-state index contributed by atoms with van der Waals surface area (Å²) >= 11 is 1.46. The molecule has 0 aliphatic heterocycles. The molecule has 25 heavy (non-hydrogen) atoms. The molecule has 0 saturated carbocycles. The highest BCUT2D eigenvalue weighted by molar-refractivity contribution is 7.89. The lowest BCUT2D eigenvalue weighted by atomic mass is 10.2. The second-order valence-electron chi connectivity index (χ2n) is 4.96. The molecule has 9 heteroatoms. The number of anilines is 2. The highest BCUT2D eigenvalue weighted by Gasteiger charge is 2.08. The normalized spacial score (nSPS) is 10.8. The smallest absolute Gasteiger partial charge is 0.238 e. The molecule has 0 unspecified atom stereocenters. The van der Waals surface area contributed by atoms with Gasteiger partial charge in [-0.3, -0.25) is 0 Å². The molecule has 3 N–H and O–H groups in total. The number of halogens is 1. The van der Waals surface area contributed by atoms with E-state index in [0.717, 1.165) is 22.7 Å². The number of benzene rings is 2. The van der Waals surface area contributed by atoms with Gasteiger partial charge in [-0.05, 0) is 48.5 Å². The Bertz CT molecular complexity index is 940. The van der Waals surface area contributed by atoms with Crippen LogP contribution in [0.25, 0.3) is 11.3 Å². The molecule has 2 aromatic carbocycles. The van der Waals surface area contributed by atoms with Crippen LogP contribution >= 0.6 is 11.3 Å². The van der Waals surface area contributed by atoms with Gasteiger partial charge >= 0.3 is 0 Å². The molecule has 1 aromatic heterocycles. The first-order valence-electron chi connectivity index (χ1n) is 6.95. The first kappa shape index (κ1) is 19.4. The molecule has 132 valence electrons. The number of methoxy groups -OCH3 is 1. The molecule has 0 amide bonds. The number of ether oxygens (including phenoxy) is 1. The van der Waals surface area contributed by atoms with Crippen molar-refractivity contribution in [3.8, 4) is 17.0 Å². The highest BCUT2D eigenvalue weighted by Crippen LogP contribution is 2.28. The van der Waals surface area contributed by atoms with Crippen molar-refractivity contribution in [2.75, 3.05) is 12.4 Å². The van der Waals surface area contributed by atoms with Crippen LogP contribution in [-0.4, -0.2) is 20.5 Å². The number of nitrogens with two attached hydrogens (primary N) is 1. The Morgan fingerprint density at radius 2 is 1.72 bits per heavy atom. The summed E-state index contributed by atoms with van der Waals surface area (Å²) < 4.78 is 27.6. The molecule has 0 fully saturated rings. The summed E-state index contributed by atoms with van der Waals surface area (Å²) in [7, 11) is -2.06. The first-order valence-corrected chi connectivity index (χ1v) is 9.38. The van der Waals surface area contributed by atoms with E-state index in [-0.39, 0.29) is 21.9 Å². The van der Waals surface area contributed by atoms with Gasteiger partial charge in [0.25, 0.3) is 0 Å². The Morgan fingerprint density at radius 1 is 1.08 bits per heavy atom. The quantitative estimate of drug-likeness (QED) is 0.591. The minimum absolute atomic E-state index is 0. The second kappa shape index (κ2) is 7.96. The van der Waals surface area contributed by atoms with E-state index in [1.165, 1.54) is 23.5 Å². The van der Waals surface area contributed by atoms with Crippen LogP contribution in [-0.2, 0) is 10.0 Å². The number of nitrogens with one attached hydrogen (secondary N) is 1. The molecule has 0 radical (unpaired) electrons. The fourth-order valence-corrected chi connectivity index (χ4v) is 3.33. The van der Waals surface area contributed by atoms with Crippen molar-refractivity contribution >= 4 is 32.2 Å². The van der Waals surface area contributed by atoms with Crippen LogP contribution in [0.15, 0.2) is 58.8 Å². The zero-order valence-corrected chi connectivity index (χ0v) is 16.4. The topological polar surface area (TPSA) is 94.3 Å². The third-order valence-electron chi connectivity index (χ3n) is 3.32. The summed E-state index contributed by atoms with van der Waals surface area (Å²) in [6, 6.07) is 13.9. The zero-order valence-electron chi connectivity index (χ0n) is 13.1. The molecule has 0 spiro atoms. The molecule has 0 saturated heterocycles. The lowest BCUT2D eigenvalue weighted by Gasteiger charge is -2.04. The third-order valence-corrected chi connectivity index (χ3v) is 5.01. The molecule has 0 atom stereocenters. The van der Waals surface area contributed by atoms with Crippen LogP contribution < -0.4 is 32.2 Å². The maximum Gasteiger partial charge on any atom is 0.238 e. The molecular formula is C16H15BrN3O3S2-. The molecular weight excluding hydrogens is 426 g/mol. The van der Waals surface area contributed by atoms with Crippen molar-refractivity contribution in [1.82, 2.24) is 4.98 Å². The fraction of sp³-hybridized carbons (Fsp3) is 0.0625. The molecule has 0 aliphatic carbocycles. The Balaban J connectivity index is 0.00000225. The van der Waals surface area contributed by atoms with Gasteiger partial charge in [0.1, 0.15) is 5.75 Å². The van der Waals surface area contributed by atoms with Gasteiger partial charge < -0.3 is 27.0 Å². The lowest BCUT2D eigenvalue weighted by molar-refractivity contribution is -0.00000770. The predicted octanol–water partition coefficient (Wildman–Crippen LogP) is 0.214. The second-order valence-corrected chi connectivity index (χ2v) is 7.38. The maximum atomic E-state index is 11.2. The van der Waals surface area contributed by atoms with E-state index < -0.39 is 10.0 Å². The number of nitrogens with zero attached hydrogens (tertiary/aromatic N) is 1. The van der Waals surface area contributed by atoms with Crippen molar-refractivity contribution < 1.29 is 30.1 Å². The molecule has 0 bridgehead atoms. The summed E-state index contributed by atoms with van der Waals surface area (Å²) in [5.74, 6) is 0.794. The number of thiazole rings is 1. The number of rotatable bonds is 5. The molecule has 6 nitrogen and oxygen atoms in total. The number of hydrogen-bond donors (Lipinski definition) is 2. The van der Waals surface area contributed by atoms with Crippen molar-refractivity contribution in [1.29, 1.82) is 0 Å².